The Bertz CT molecular complexity index is 532. The lowest BCUT2D eigenvalue weighted by Gasteiger charge is -2.23. The Morgan fingerprint density at radius 3 is 2.35 bits per heavy atom. The second-order valence-electron chi connectivity index (χ2n) is 5.80. The fourth-order valence-corrected chi connectivity index (χ4v) is 2.00. The summed E-state index contributed by atoms with van der Waals surface area (Å²) in [6, 6.07) is 0. The van der Waals surface area contributed by atoms with Crippen LogP contribution in [0.25, 0.3) is 0 Å². The smallest absolute Gasteiger partial charge is 0.328 e. The van der Waals surface area contributed by atoms with Crippen LogP contribution < -0.4 is 5.32 Å². The van der Waals surface area contributed by atoms with Gasteiger partial charge in [0.05, 0.1) is 5.69 Å². The summed E-state index contributed by atoms with van der Waals surface area (Å²) >= 11 is 0. The van der Waals surface area contributed by atoms with Crippen molar-refractivity contribution in [2.45, 2.75) is 46.6 Å². The van der Waals surface area contributed by atoms with Crippen molar-refractivity contribution >= 4 is 11.9 Å². The number of nitrogens with one attached hydrogen (secondary N) is 1. The number of aryl methyl sites for hydroxylation is 2. The predicted molar refractivity (Wildman–Crippen MR) is 75.4 cm³/mol. The van der Waals surface area contributed by atoms with Crippen LogP contribution in [0.4, 0.5) is 0 Å². The van der Waals surface area contributed by atoms with Gasteiger partial charge in [0.1, 0.15) is 5.54 Å². The number of hydrogen-bond acceptors (Lipinski definition) is 3. The normalized spacial score (nSPS) is 13.1. The summed E-state index contributed by atoms with van der Waals surface area (Å²) in [7, 11) is 1.87. The van der Waals surface area contributed by atoms with Crippen molar-refractivity contribution < 1.29 is 14.7 Å². The maximum Gasteiger partial charge on any atom is 0.328 e. The SMILES string of the molecule is Cc1nn(C)c(C)c1CC(C)C(=O)NC(C)(C)C(=O)O. The van der Waals surface area contributed by atoms with Crippen LogP contribution in [0.5, 0.6) is 0 Å². The first-order valence-electron chi connectivity index (χ1n) is 6.60. The zero-order valence-corrected chi connectivity index (χ0v) is 12.9. The Morgan fingerprint density at radius 1 is 1.40 bits per heavy atom. The van der Waals surface area contributed by atoms with Gasteiger partial charge in [0.2, 0.25) is 5.91 Å². The highest BCUT2D eigenvalue weighted by molar-refractivity contribution is 5.87. The van der Waals surface area contributed by atoms with E-state index >= 15 is 0 Å². The molecule has 0 aliphatic rings. The lowest BCUT2D eigenvalue weighted by atomic mass is 9.97. The summed E-state index contributed by atoms with van der Waals surface area (Å²) in [5, 5.41) is 15.9. The molecule has 6 nitrogen and oxygen atoms in total. The Kier molecular flexibility index (Phi) is 4.57. The van der Waals surface area contributed by atoms with E-state index in [-0.39, 0.29) is 11.8 Å². The van der Waals surface area contributed by atoms with Crippen LogP contribution in [0.3, 0.4) is 0 Å². The monoisotopic (exact) mass is 281 g/mol. The van der Waals surface area contributed by atoms with E-state index in [9.17, 15) is 9.59 Å². The first-order chi connectivity index (χ1) is 9.06. The zero-order chi connectivity index (χ0) is 15.7. The fourth-order valence-electron chi connectivity index (χ4n) is 2.00. The maximum absolute atomic E-state index is 12.1. The van der Waals surface area contributed by atoms with E-state index in [1.165, 1.54) is 13.8 Å². The van der Waals surface area contributed by atoms with Gasteiger partial charge >= 0.3 is 5.97 Å². The Morgan fingerprint density at radius 2 is 1.95 bits per heavy atom. The molecular weight excluding hydrogens is 258 g/mol. The number of carboxylic acid groups (broad SMARTS) is 1. The molecule has 1 amide bonds. The standard InChI is InChI=1S/C14H23N3O3/c1-8(12(18)15-14(4,5)13(19)20)7-11-9(2)16-17(6)10(11)3/h8H,7H2,1-6H3,(H,15,18)(H,19,20). The summed E-state index contributed by atoms with van der Waals surface area (Å²) in [5.74, 6) is -1.62. The summed E-state index contributed by atoms with van der Waals surface area (Å²) in [6.45, 7) is 8.61. The third-order valence-corrected chi connectivity index (χ3v) is 3.59. The van der Waals surface area contributed by atoms with Crippen molar-refractivity contribution in [3.63, 3.8) is 0 Å². The molecular formula is C14H23N3O3. The van der Waals surface area contributed by atoms with Crippen LogP contribution in [0.1, 0.15) is 37.7 Å². The van der Waals surface area contributed by atoms with Gasteiger partial charge in [-0.3, -0.25) is 9.48 Å². The molecule has 0 aliphatic heterocycles. The minimum atomic E-state index is -1.26. The van der Waals surface area contributed by atoms with Crippen LogP contribution in [-0.4, -0.2) is 32.3 Å². The van der Waals surface area contributed by atoms with Gasteiger partial charge in [0, 0.05) is 18.7 Å². The number of amides is 1. The van der Waals surface area contributed by atoms with Gasteiger partial charge in [-0.25, -0.2) is 4.79 Å². The molecule has 20 heavy (non-hydrogen) atoms. The molecule has 6 heteroatoms. The number of carboxylic acids is 1. The number of aromatic nitrogens is 2. The number of carbonyl (C=O) groups is 2. The Balaban J connectivity index is 2.79. The second-order valence-corrected chi connectivity index (χ2v) is 5.80. The van der Waals surface area contributed by atoms with Crippen LogP contribution >= 0.6 is 0 Å². The van der Waals surface area contributed by atoms with E-state index in [0.29, 0.717) is 6.42 Å². The molecule has 1 unspecified atom stereocenters. The van der Waals surface area contributed by atoms with E-state index in [2.05, 4.69) is 10.4 Å². The molecule has 112 valence electrons. The maximum atomic E-state index is 12.1. The number of carbonyl (C=O) groups excluding carboxylic acids is 1. The molecule has 0 fully saturated rings. The summed E-state index contributed by atoms with van der Waals surface area (Å²) in [6.07, 6.45) is 0.549. The average Bonchev–Trinajstić information content (AvgIpc) is 2.55. The third kappa shape index (κ3) is 3.37. The van der Waals surface area contributed by atoms with Crippen LogP contribution in [0.15, 0.2) is 0 Å². The molecule has 0 radical (unpaired) electrons. The van der Waals surface area contributed by atoms with E-state index in [1.807, 2.05) is 20.9 Å². The summed E-state index contributed by atoms with van der Waals surface area (Å²) in [4.78, 5) is 23.1. The molecule has 2 N–H and O–H groups in total. The van der Waals surface area contributed by atoms with Gasteiger partial charge < -0.3 is 10.4 Å². The van der Waals surface area contributed by atoms with Gasteiger partial charge in [0.25, 0.3) is 0 Å². The highest BCUT2D eigenvalue weighted by Gasteiger charge is 2.31. The molecule has 0 saturated heterocycles. The summed E-state index contributed by atoms with van der Waals surface area (Å²) in [5.41, 5.74) is 1.72. The Labute approximate surface area is 119 Å². The number of rotatable bonds is 5. The Hall–Kier alpha value is -1.85. The average molecular weight is 281 g/mol. The van der Waals surface area contributed by atoms with Crippen molar-refractivity contribution in [1.29, 1.82) is 0 Å². The van der Waals surface area contributed by atoms with Gasteiger partial charge in [-0.05, 0) is 39.7 Å². The molecule has 0 saturated carbocycles. The molecule has 1 heterocycles. The van der Waals surface area contributed by atoms with Crippen molar-refractivity contribution in [2.75, 3.05) is 0 Å². The number of hydrogen-bond donors (Lipinski definition) is 2. The third-order valence-electron chi connectivity index (χ3n) is 3.59. The molecule has 1 rings (SSSR count). The fraction of sp³-hybridized carbons (Fsp3) is 0.643. The van der Waals surface area contributed by atoms with Crippen LogP contribution in [-0.2, 0) is 23.1 Å². The second kappa shape index (κ2) is 5.64. The first kappa shape index (κ1) is 16.2. The lowest BCUT2D eigenvalue weighted by molar-refractivity contribution is -0.146. The largest absolute Gasteiger partial charge is 0.480 e. The first-order valence-corrected chi connectivity index (χ1v) is 6.60. The van der Waals surface area contributed by atoms with Gasteiger partial charge in [-0.1, -0.05) is 6.92 Å². The number of nitrogens with zero attached hydrogens (tertiary/aromatic N) is 2. The number of aliphatic carboxylic acids is 1. The minimum Gasteiger partial charge on any atom is -0.480 e. The minimum absolute atomic E-state index is 0.264. The molecule has 1 atom stereocenters. The highest BCUT2D eigenvalue weighted by Crippen LogP contribution is 2.17. The van der Waals surface area contributed by atoms with Crippen LogP contribution in [0.2, 0.25) is 0 Å². The van der Waals surface area contributed by atoms with E-state index in [1.54, 1.807) is 11.6 Å². The topological polar surface area (TPSA) is 84.2 Å². The zero-order valence-electron chi connectivity index (χ0n) is 12.9. The van der Waals surface area contributed by atoms with Gasteiger partial charge in [-0.2, -0.15) is 5.10 Å². The van der Waals surface area contributed by atoms with E-state index in [4.69, 9.17) is 5.11 Å². The van der Waals surface area contributed by atoms with Gasteiger partial charge in [-0.15, -0.1) is 0 Å². The molecule has 0 bridgehead atoms. The quantitative estimate of drug-likeness (QED) is 0.849. The molecule has 0 aliphatic carbocycles. The lowest BCUT2D eigenvalue weighted by Crippen LogP contribution is -2.51. The summed E-state index contributed by atoms with van der Waals surface area (Å²) < 4.78 is 1.79. The van der Waals surface area contributed by atoms with Crippen molar-refractivity contribution in [2.24, 2.45) is 13.0 Å². The molecule has 0 aromatic carbocycles. The molecule has 1 aromatic heterocycles. The van der Waals surface area contributed by atoms with Crippen LogP contribution in [0, 0.1) is 19.8 Å². The predicted octanol–water partition coefficient (Wildman–Crippen LogP) is 1.19. The van der Waals surface area contributed by atoms with Crippen molar-refractivity contribution in [3.05, 3.63) is 17.0 Å². The van der Waals surface area contributed by atoms with E-state index in [0.717, 1.165) is 17.0 Å². The van der Waals surface area contributed by atoms with Crippen molar-refractivity contribution in [1.82, 2.24) is 15.1 Å². The van der Waals surface area contributed by atoms with Crippen molar-refractivity contribution in [3.8, 4) is 0 Å². The highest BCUT2D eigenvalue weighted by atomic mass is 16.4. The molecule has 0 spiro atoms. The van der Waals surface area contributed by atoms with E-state index < -0.39 is 11.5 Å². The molecule has 1 aromatic rings. The van der Waals surface area contributed by atoms with Gasteiger partial charge in [0.15, 0.2) is 0 Å².